The molecular formula is C19H17ClN2O3S. The van der Waals surface area contributed by atoms with Crippen LogP contribution in [0.2, 0.25) is 5.02 Å². The molecule has 0 aliphatic heterocycles. The molecule has 5 nitrogen and oxygen atoms in total. The van der Waals surface area contributed by atoms with Crippen LogP contribution in [-0.4, -0.2) is 18.5 Å². The maximum Gasteiger partial charge on any atom is 0.339 e. The van der Waals surface area contributed by atoms with Crippen LogP contribution in [0.4, 0.5) is 5.69 Å². The fraction of sp³-hybridized carbons (Fsp3) is 0.316. The molecular weight excluding hydrogens is 372 g/mol. The van der Waals surface area contributed by atoms with Crippen molar-refractivity contribution in [1.29, 1.82) is 5.26 Å². The summed E-state index contributed by atoms with van der Waals surface area (Å²) in [5.74, 6) is -0.378. The summed E-state index contributed by atoms with van der Waals surface area (Å²) < 4.78 is 5.16. The first-order chi connectivity index (χ1) is 12.5. The number of esters is 1. The molecule has 1 aromatic heterocycles. The Hall–Kier alpha value is -2.36. The molecule has 2 aromatic rings. The zero-order valence-corrected chi connectivity index (χ0v) is 15.7. The summed E-state index contributed by atoms with van der Waals surface area (Å²) in [5.41, 5.74) is 2.20. The molecule has 0 bridgehead atoms. The maximum atomic E-state index is 12.3. The van der Waals surface area contributed by atoms with E-state index in [1.807, 2.05) is 11.4 Å². The number of benzene rings is 1. The molecule has 1 heterocycles. The maximum absolute atomic E-state index is 12.3. The van der Waals surface area contributed by atoms with Crippen LogP contribution >= 0.6 is 22.9 Å². The summed E-state index contributed by atoms with van der Waals surface area (Å²) in [4.78, 5) is 25.6. The molecule has 7 heteroatoms. The van der Waals surface area contributed by atoms with Crippen molar-refractivity contribution < 1.29 is 14.3 Å². The Bertz CT molecular complexity index is 901. The third-order valence-corrected chi connectivity index (χ3v) is 5.62. The summed E-state index contributed by atoms with van der Waals surface area (Å²) in [6.07, 6.45) is 2.90. The van der Waals surface area contributed by atoms with Gasteiger partial charge >= 0.3 is 5.97 Å². The summed E-state index contributed by atoms with van der Waals surface area (Å²) in [5, 5.41) is 13.8. The molecule has 1 aromatic carbocycles. The van der Waals surface area contributed by atoms with Gasteiger partial charge in [0.15, 0.2) is 6.61 Å². The molecule has 1 aliphatic carbocycles. The summed E-state index contributed by atoms with van der Waals surface area (Å²) in [6.45, 7) is 1.79. The minimum absolute atomic E-state index is 0.287. The lowest BCUT2D eigenvalue weighted by molar-refractivity contribution is -0.119. The third-order valence-electron chi connectivity index (χ3n) is 4.33. The Morgan fingerprint density at radius 1 is 1.46 bits per heavy atom. The smallest absolute Gasteiger partial charge is 0.339 e. The van der Waals surface area contributed by atoms with Gasteiger partial charge in [-0.1, -0.05) is 18.5 Å². The minimum Gasteiger partial charge on any atom is -0.452 e. The number of rotatable bonds is 4. The predicted octanol–water partition coefficient (Wildman–Crippen LogP) is 4.19. The van der Waals surface area contributed by atoms with E-state index in [1.165, 1.54) is 17.0 Å². The number of anilines is 1. The van der Waals surface area contributed by atoms with Crippen LogP contribution in [0.3, 0.4) is 0 Å². The Kier molecular flexibility index (Phi) is 5.60. The van der Waals surface area contributed by atoms with Crippen LogP contribution in [0.1, 0.15) is 39.7 Å². The average Bonchev–Trinajstić information content (AvgIpc) is 3.03. The van der Waals surface area contributed by atoms with Crippen LogP contribution in [0, 0.1) is 17.2 Å². The van der Waals surface area contributed by atoms with Gasteiger partial charge in [-0.2, -0.15) is 5.26 Å². The first-order valence-corrected chi connectivity index (χ1v) is 9.49. The number of fused-ring (bicyclic) bond motifs is 1. The Morgan fingerprint density at radius 2 is 2.27 bits per heavy atom. The third kappa shape index (κ3) is 4.06. The Balaban J connectivity index is 1.61. The summed E-state index contributed by atoms with van der Waals surface area (Å²) in [7, 11) is 0. The molecule has 0 saturated carbocycles. The van der Waals surface area contributed by atoms with Crippen molar-refractivity contribution in [2.24, 2.45) is 5.92 Å². The van der Waals surface area contributed by atoms with Crippen molar-refractivity contribution in [1.82, 2.24) is 0 Å². The lowest BCUT2D eigenvalue weighted by Crippen LogP contribution is -2.22. The lowest BCUT2D eigenvalue weighted by Gasteiger charge is -2.18. The Morgan fingerprint density at radius 3 is 3.04 bits per heavy atom. The normalized spacial score (nSPS) is 15.7. The van der Waals surface area contributed by atoms with E-state index in [1.54, 1.807) is 17.4 Å². The van der Waals surface area contributed by atoms with Gasteiger partial charge in [0.1, 0.15) is 6.07 Å². The second kappa shape index (κ2) is 7.90. The minimum atomic E-state index is -0.519. The van der Waals surface area contributed by atoms with Crippen molar-refractivity contribution >= 4 is 40.5 Å². The largest absolute Gasteiger partial charge is 0.452 e. The topological polar surface area (TPSA) is 79.2 Å². The van der Waals surface area contributed by atoms with Crippen LogP contribution in [0.15, 0.2) is 23.6 Å². The van der Waals surface area contributed by atoms with Gasteiger partial charge in [-0.25, -0.2) is 4.79 Å². The highest BCUT2D eigenvalue weighted by Gasteiger charge is 2.24. The predicted molar refractivity (Wildman–Crippen MR) is 101 cm³/mol. The number of thiophene rings is 1. The molecule has 3 rings (SSSR count). The SMILES string of the molecule is CC1CCc2c(C(=O)OCC(=O)Nc3cc(Cl)ccc3C#N)csc2C1. The first-order valence-electron chi connectivity index (χ1n) is 8.23. The fourth-order valence-corrected chi connectivity index (χ4v) is 4.37. The van der Waals surface area contributed by atoms with Gasteiger partial charge in [0.05, 0.1) is 16.8 Å². The molecule has 0 fully saturated rings. The molecule has 1 N–H and O–H groups in total. The Labute approximate surface area is 160 Å². The molecule has 26 heavy (non-hydrogen) atoms. The van der Waals surface area contributed by atoms with Crippen molar-refractivity contribution in [2.45, 2.75) is 26.2 Å². The van der Waals surface area contributed by atoms with Crippen LogP contribution in [-0.2, 0) is 22.4 Å². The summed E-state index contributed by atoms with van der Waals surface area (Å²) in [6, 6.07) is 6.54. The van der Waals surface area contributed by atoms with E-state index < -0.39 is 18.5 Å². The second-order valence-electron chi connectivity index (χ2n) is 6.33. The van der Waals surface area contributed by atoms with E-state index in [0.717, 1.165) is 24.8 Å². The average molecular weight is 389 g/mol. The van der Waals surface area contributed by atoms with Crippen molar-refractivity contribution in [3.8, 4) is 6.07 Å². The molecule has 0 spiro atoms. The molecule has 1 amide bonds. The van der Waals surface area contributed by atoms with Crippen molar-refractivity contribution in [3.63, 3.8) is 0 Å². The van der Waals surface area contributed by atoms with Crippen LogP contribution in [0.5, 0.6) is 0 Å². The van der Waals surface area contributed by atoms with E-state index in [0.29, 0.717) is 22.2 Å². The van der Waals surface area contributed by atoms with Gasteiger partial charge < -0.3 is 10.1 Å². The quantitative estimate of drug-likeness (QED) is 0.796. The molecule has 0 radical (unpaired) electrons. The number of hydrogen-bond donors (Lipinski definition) is 1. The zero-order valence-electron chi connectivity index (χ0n) is 14.2. The summed E-state index contributed by atoms with van der Waals surface area (Å²) >= 11 is 7.46. The first kappa shape index (κ1) is 18.4. The zero-order chi connectivity index (χ0) is 18.7. The van der Waals surface area contributed by atoms with Gasteiger partial charge in [0.25, 0.3) is 5.91 Å². The fourth-order valence-electron chi connectivity index (χ4n) is 2.96. The lowest BCUT2D eigenvalue weighted by atomic mass is 9.88. The van der Waals surface area contributed by atoms with Gasteiger partial charge in [-0.3, -0.25) is 4.79 Å². The van der Waals surface area contributed by atoms with E-state index in [4.69, 9.17) is 21.6 Å². The molecule has 1 unspecified atom stereocenters. The molecule has 1 aliphatic rings. The van der Waals surface area contributed by atoms with E-state index in [2.05, 4.69) is 12.2 Å². The van der Waals surface area contributed by atoms with Gasteiger partial charge in [-0.05, 0) is 48.9 Å². The standard InChI is InChI=1S/C19H17ClN2O3S/c1-11-2-5-14-15(10-26-17(14)6-11)19(24)25-9-18(23)22-16-7-13(20)4-3-12(16)8-21/h3-4,7,10-11H,2,5-6,9H2,1H3,(H,22,23). The number of hydrogen-bond acceptors (Lipinski definition) is 5. The molecule has 1 atom stereocenters. The highest BCUT2D eigenvalue weighted by Crippen LogP contribution is 2.33. The monoisotopic (exact) mass is 388 g/mol. The van der Waals surface area contributed by atoms with Crippen molar-refractivity contribution in [2.75, 3.05) is 11.9 Å². The number of nitriles is 1. The van der Waals surface area contributed by atoms with Crippen molar-refractivity contribution in [3.05, 3.63) is 50.2 Å². The number of carbonyl (C=O) groups excluding carboxylic acids is 2. The van der Waals surface area contributed by atoms with E-state index in [9.17, 15) is 9.59 Å². The molecule has 134 valence electrons. The van der Waals surface area contributed by atoms with Gasteiger partial charge in [0, 0.05) is 15.3 Å². The highest BCUT2D eigenvalue weighted by atomic mass is 35.5. The second-order valence-corrected chi connectivity index (χ2v) is 7.73. The van der Waals surface area contributed by atoms with Crippen LogP contribution in [0.25, 0.3) is 0 Å². The van der Waals surface area contributed by atoms with Gasteiger partial charge in [0.2, 0.25) is 0 Å². The number of nitrogens with zero attached hydrogens (tertiary/aromatic N) is 1. The number of ether oxygens (including phenoxy) is 1. The number of carbonyl (C=O) groups is 2. The highest BCUT2D eigenvalue weighted by molar-refractivity contribution is 7.10. The van der Waals surface area contributed by atoms with Crippen LogP contribution < -0.4 is 5.32 Å². The number of halogens is 1. The van der Waals surface area contributed by atoms with E-state index in [-0.39, 0.29) is 5.56 Å². The number of amides is 1. The van der Waals surface area contributed by atoms with E-state index >= 15 is 0 Å². The molecule has 0 saturated heterocycles. The number of nitrogens with one attached hydrogen (secondary N) is 1. The van der Waals surface area contributed by atoms with Gasteiger partial charge in [-0.15, -0.1) is 11.3 Å².